The van der Waals surface area contributed by atoms with Gasteiger partial charge in [0, 0.05) is 44.0 Å². The fourth-order valence-corrected chi connectivity index (χ4v) is 5.52. The molecule has 2 aromatic rings. The van der Waals surface area contributed by atoms with E-state index in [0.717, 1.165) is 13.1 Å². The van der Waals surface area contributed by atoms with Crippen LogP contribution >= 0.6 is 0 Å². The van der Waals surface area contributed by atoms with Crippen LogP contribution < -0.4 is 9.21 Å². The summed E-state index contributed by atoms with van der Waals surface area (Å²) in [4.78, 5) is 17.0. The number of sulfonamides is 1. The number of carbonyl (C=O) groups excluding carboxylic acids is 1. The number of carbonyl (C=O) groups is 1. The normalized spacial score (nSPS) is 19.1. The van der Waals surface area contributed by atoms with Crippen LogP contribution in [0.25, 0.3) is 0 Å². The molecule has 148 valence electrons. The van der Waals surface area contributed by atoms with Gasteiger partial charge in [0.05, 0.1) is 11.4 Å². The first-order valence-electron chi connectivity index (χ1n) is 9.66. The van der Waals surface area contributed by atoms with Gasteiger partial charge in [-0.05, 0) is 49.2 Å². The van der Waals surface area contributed by atoms with Gasteiger partial charge in [-0.15, -0.1) is 0 Å². The van der Waals surface area contributed by atoms with Crippen LogP contribution in [0.15, 0.2) is 48.5 Å². The van der Waals surface area contributed by atoms with Crippen molar-refractivity contribution in [3.63, 3.8) is 0 Å². The summed E-state index contributed by atoms with van der Waals surface area (Å²) in [5.41, 5.74) is 3.71. The number of hydrogen-bond donors (Lipinski definition) is 0. The minimum absolute atomic E-state index is 0.000243. The van der Waals surface area contributed by atoms with Crippen LogP contribution in [-0.2, 0) is 10.0 Å². The van der Waals surface area contributed by atoms with Crippen LogP contribution in [0.5, 0.6) is 0 Å². The molecule has 0 unspecified atom stereocenters. The van der Waals surface area contributed by atoms with Crippen LogP contribution in [0.2, 0.25) is 0 Å². The molecule has 0 bridgehead atoms. The molecule has 0 aliphatic carbocycles. The van der Waals surface area contributed by atoms with E-state index in [-0.39, 0.29) is 11.7 Å². The molecule has 0 N–H and O–H groups in total. The van der Waals surface area contributed by atoms with Crippen LogP contribution in [0.4, 0.5) is 11.4 Å². The molecule has 2 aromatic carbocycles. The average molecular weight is 400 g/mol. The molecule has 0 spiro atoms. The number of rotatable bonds is 3. The first-order chi connectivity index (χ1) is 13.5. The monoisotopic (exact) mass is 399 g/mol. The van der Waals surface area contributed by atoms with Crippen LogP contribution in [0.3, 0.4) is 0 Å². The van der Waals surface area contributed by atoms with Gasteiger partial charge in [0.15, 0.2) is 0 Å². The highest BCUT2D eigenvalue weighted by Crippen LogP contribution is 2.25. The Kier molecular flexibility index (Phi) is 5.02. The number of amides is 1. The van der Waals surface area contributed by atoms with Crippen molar-refractivity contribution >= 4 is 27.3 Å². The summed E-state index contributed by atoms with van der Waals surface area (Å²) in [5, 5.41) is 0. The molecule has 4 rings (SSSR count). The molecule has 0 saturated carbocycles. The van der Waals surface area contributed by atoms with Gasteiger partial charge >= 0.3 is 0 Å². The van der Waals surface area contributed by atoms with Gasteiger partial charge in [-0.1, -0.05) is 18.2 Å². The van der Waals surface area contributed by atoms with Gasteiger partial charge in [0.2, 0.25) is 10.0 Å². The number of hydrogen-bond acceptors (Lipinski definition) is 4. The van der Waals surface area contributed by atoms with Crippen molar-refractivity contribution < 1.29 is 13.2 Å². The quantitative estimate of drug-likeness (QED) is 0.796. The maximum Gasteiger partial charge on any atom is 0.253 e. The summed E-state index contributed by atoms with van der Waals surface area (Å²) in [7, 11) is -3.20. The molecule has 0 radical (unpaired) electrons. The summed E-state index contributed by atoms with van der Waals surface area (Å²) < 4.78 is 25.5. The third-order valence-corrected chi connectivity index (χ3v) is 7.39. The van der Waals surface area contributed by atoms with E-state index in [2.05, 4.69) is 24.0 Å². The Labute approximate surface area is 166 Å². The van der Waals surface area contributed by atoms with Crippen LogP contribution in [-0.4, -0.2) is 57.7 Å². The van der Waals surface area contributed by atoms with Crippen molar-refractivity contribution in [1.29, 1.82) is 0 Å². The molecule has 28 heavy (non-hydrogen) atoms. The van der Waals surface area contributed by atoms with E-state index in [9.17, 15) is 13.2 Å². The molecule has 0 atom stereocenters. The van der Waals surface area contributed by atoms with Gasteiger partial charge in [0.25, 0.3) is 5.91 Å². The Morgan fingerprint density at radius 1 is 0.893 bits per heavy atom. The Morgan fingerprint density at radius 3 is 2.18 bits per heavy atom. The summed E-state index contributed by atoms with van der Waals surface area (Å²) in [6.07, 6.45) is 0.647. The molecule has 2 aliphatic rings. The summed E-state index contributed by atoms with van der Waals surface area (Å²) in [5.74, 6) is 0.194. The van der Waals surface area contributed by atoms with Crippen molar-refractivity contribution in [2.75, 3.05) is 47.7 Å². The smallest absolute Gasteiger partial charge is 0.253 e. The van der Waals surface area contributed by atoms with Crippen molar-refractivity contribution in [3.8, 4) is 0 Å². The van der Waals surface area contributed by atoms with E-state index in [1.54, 1.807) is 24.3 Å². The molecule has 1 amide bonds. The van der Waals surface area contributed by atoms with Crippen molar-refractivity contribution in [2.45, 2.75) is 13.3 Å². The molecule has 0 aromatic heterocycles. The molecule has 2 saturated heterocycles. The number of piperazine rings is 1. The van der Waals surface area contributed by atoms with Gasteiger partial charge in [0.1, 0.15) is 0 Å². The van der Waals surface area contributed by atoms with Gasteiger partial charge in [-0.2, -0.15) is 0 Å². The van der Waals surface area contributed by atoms with Crippen molar-refractivity contribution in [2.24, 2.45) is 0 Å². The van der Waals surface area contributed by atoms with E-state index in [1.165, 1.54) is 15.6 Å². The molecule has 2 aliphatic heterocycles. The molecule has 2 fully saturated rings. The topological polar surface area (TPSA) is 60.9 Å². The number of aryl methyl sites for hydroxylation is 1. The Hall–Kier alpha value is -2.54. The predicted octanol–water partition coefficient (Wildman–Crippen LogP) is 2.50. The highest BCUT2D eigenvalue weighted by atomic mass is 32.2. The van der Waals surface area contributed by atoms with E-state index < -0.39 is 10.0 Å². The lowest BCUT2D eigenvalue weighted by Crippen LogP contribution is -2.49. The van der Waals surface area contributed by atoms with E-state index in [1.807, 2.05) is 17.0 Å². The average Bonchev–Trinajstić information content (AvgIpc) is 3.07. The minimum Gasteiger partial charge on any atom is -0.368 e. The van der Waals surface area contributed by atoms with E-state index in [4.69, 9.17) is 0 Å². The highest BCUT2D eigenvalue weighted by Gasteiger charge is 2.29. The summed E-state index contributed by atoms with van der Waals surface area (Å²) in [6, 6.07) is 15.3. The standard InChI is InChI=1S/C21H25N3O3S/c1-17-5-2-3-6-20(17)22-12-14-23(15-13-22)21(25)18-7-9-19(10-8-18)24-11-4-16-28(24,26)27/h2-3,5-10H,4,11-16H2,1H3. The van der Waals surface area contributed by atoms with Gasteiger partial charge < -0.3 is 9.80 Å². The lowest BCUT2D eigenvalue weighted by molar-refractivity contribution is 0.0747. The lowest BCUT2D eigenvalue weighted by atomic mass is 10.1. The third kappa shape index (κ3) is 3.58. The molecule has 2 heterocycles. The van der Waals surface area contributed by atoms with Gasteiger partial charge in [-0.3, -0.25) is 9.10 Å². The largest absolute Gasteiger partial charge is 0.368 e. The number of anilines is 2. The summed E-state index contributed by atoms with van der Waals surface area (Å²) >= 11 is 0. The number of benzene rings is 2. The van der Waals surface area contributed by atoms with Crippen LogP contribution in [0, 0.1) is 6.92 Å². The van der Waals surface area contributed by atoms with Gasteiger partial charge in [-0.25, -0.2) is 8.42 Å². The zero-order valence-electron chi connectivity index (χ0n) is 16.0. The fourth-order valence-electron chi connectivity index (χ4n) is 3.95. The van der Waals surface area contributed by atoms with E-state index >= 15 is 0 Å². The predicted molar refractivity (Wildman–Crippen MR) is 111 cm³/mol. The van der Waals surface area contributed by atoms with Crippen molar-refractivity contribution in [3.05, 3.63) is 59.7 Å². The molecular formula is C21H25N3O3S. The van der Waals surface area contributed by atoms with Crippen LogP contribution in [0.1, 0.15) is 22.3 Å². The second kappa shape index (κ2) is 7.47. The molecule has 6 nitrogen and oxygen atoms in total. The van der Waals surface area contributed by atoms with Crippen molar-refractivity contribution in [1.82, 2.24) is 4.90 Å². The zero-order valence-corrected chi connectivity index (χ0v) is 16.9. The minimum atomic E-state index is -3.20. The molecular weight excluding hydrogens is 374 g/mol. The third-order valence-electron chi connectivity index (χ3n) is 5.52. The Bertz CT molecular complexity index is 965. The Balaban J connectivity index is 1.41. The first kappa shape index (κ1) is 18.8. The fraction of sp³-hybridized carbons (Fsp3) is 0.381. The number of nitrogens with zero attached hydrogens (tertiary/aromatic N) is 3. The van der Waals surface area contributed by atoms with E-state index in [0.29, 0.717) is 37.3 Å². The maximum absolute atomic E-state index is 12.8. The highest BCUT2D eigenvalue weighted by molar-refractivity contribution is 7.93. The maximum atomic E-state index is 12.8. The SMILES string of the molecule is Cc1ccccc1N1CCN(C(=O)c2ccc(N3CCCS3(=O)=O)cc2)CC1. The second-order valence-electron chi connectivity index (χ2n) is 7.35. The number of para-hydroxylation sites is 1. The Morgan fingerprint density at radius 2 is 1.57 bits per heavy atom. The summed E-state index contributed by atoms with van der Waals surface area (Å²) in [6.45, 7) is 5.58. The first-order valence-corrected chi connectivity index (χ1v) is 11.3. The zero-order chi connectivity index (χ0) is 19.7. The lowest BCUT2D eigenvalue weighted by Gasteiger charge is -2.36. The second-order valence-corrected chi connectivity index (χ2v) is 9.37. The molecule has 7 heteroatoms.